The third kappa shape index (κ3) is 6.22. The Balaban J connectivity index is 2.37. The van der Waals surface area contributed by atoms with Gasteiger partial charge >= 0.3 is 0 Å². The van der Waals surface area contributed by atoms with E-state index in [0.717, 1.165) is 19.5 Å². The summed E-state index contributed by atoms with van der Waals surface area (Å²) < 4.78 is 0. The van der Waals surface area contributed by atoms with Gasteiger partial charge in [0, 0.05) is 19.7 Å². The van der Waals surface area contributed by atoms with E-state index in [4.69, 9.17) is 0 Å². The molecule has 1 unspecified atom stereocenters. The molecule has 1 atom stereocenters. The predicted octanol–water partition coefficient (Wildman–Crippen LogP) is 3.24. The summed E-state index contributed by atoms with van der Waals surface area (Å²) in [5, 5.41) is 12.7. The Bertz CT molecular complexity index is 343. The van der Waals surface area contributed by atoms with E-state index in [0.29, 0.717) is 17.8 Å². The number of nitrogens with one attached hydrogen (secondary N) is 1. The van der Waals surface area contributed by atoms with Crippen molar-refractivity contribution in [3.63, 3.8) is 0 Å². The molecule has 1 aromatic carbocycles. The van der Waals surface area contributed by atoms with Crippen molar-refractivity contribution in [2.75, 3.05) is 13.2 Å². The minimum absolute atomic E-state index is 0.262. The highest BCUT2D eigenvalue weighted by Gasteiger charge is 2.11. The maximum atomic E-state index is 9.27. The summed E-state index contributed by atoms with van der Waals surface area (Å²) in [6.45, 7) is 10.8. The molecular weight excluding hydrogens is 234 g/mol. The maximum Gasteiger partial charge on any atom is 0.0473 e. The molecule has 2 nitrogen and oxygen atoms in total. The second-order valence-electron chi connectivity index (χ2n) is 6.23. The van der Waals surface area contributed by atoms with Gasteiger partial charge in [-0.2, -0.15) is 0 Å². The van der Waals surface area contributed by atoms with Crippen LogP contribution >= 0.6 is 0 Å². The summed E-state index contributed by atoms with van der Waals surface area (Å²) in [5.74, 6) is 1.58. The van der Waals surface area contributed by atoms with E-state index in [9.17, 15) is 5.11 Å². The average Bonchev–Trinajstić information content (AvgIpc) is 2.35. The fraction of sp³-hybridized carbons (Fsp3) is 0.647. The van der Waals surface area contributed by atoms with Crippen molar-refractivity contribution in [3.05, 3.63) is 35.4 Å². The Hall–Kier alpha value is -0.860. The fourth-order valence-corrected chi connectivity index (χ4v) is 2.18. The van der Waals surface area contributed by atoms with Crippen LogP contribution in [0.3, 0.4) is 0 Å². The lowest BCUT2D eigenvalue weighted by molar-refractivity contribution is 0.186. The summed E-state index contributed by atoms with van der Waals surface area (Å²) in [6, 6.07) is 8.86. The quantitative estimate of drug-likeness (QED) is 0.754. The van der Waals surface area contributed by atoms with Gasteiger partial charge in [0.1, 0.15) is 0 Å². The number of aliphatic hydroxyl groups is 1. The highest BCUT2D eigenvalue weighted by Crippen LogP contribution is 2.11. The highest BCUT2D eigenvalue weighted by atomic mass is 16.3. The molecule has 0 saturated carbocycles. The first-order valence-corrected chi connectivity index (χ1v) is 7.42. The molecule has 0 spiro atoms. The molecule has 0 heterocycles. The van der Waals surface area contributed by atoms with Gasteiger partial charge in [0.25, 0.3) is 0 Å². The van der Waals surface area contributed by atoms with Crippen molar-refractivity contribution in [1.82, 2.24) is 5.32 Å². The Morgan fingerprint density at radius 1 is 1.00 bits per heavy atom. The van der Waals surface area contributed by atoms with Crippen molar-refractivity contribution in [1.29, 1.82) is 0 Å². The zero-order chi connectivity index (χ0) is 14.3. The van der Waals surface area contributed by atoms with E-state index >= 15 is 0 Å². The molecule has 2 N–H and O–H groups in total. The molecule has 0 bridgehead atoms. The van der Waals surface area contributed by atoms with Crippen molar-refractivity contribution in [3.8, 4) is 0 Å². The molecule has 1 rings (SSSR count). The molecular formula is C17H29NO. The molecule has 0 aliphatic heterocycles. The lowest BCUT2D eigenvalue weighted by atomic mass is 9.97. The van der Waals surface area contributed by atoms with Crippen LogP contribution < -0.4 is 5.32 Å². The van der Waals surface area contributed by atoms with E-state index in [1.807, 2.05) is 0 Å². The van der Waals surface area contributed by atoms with Gasteiger partial charge in [-0.1, -0.05) is 52.0 Å². The minimum Gasteiger partial charge on any atom is -0.396 e. The maximum absolute atomic E-state index is 9.27. The lowest BCUT2D eigenvalue weighted by Crippen LogP contribution is -2.28. The first-order chi connectivity index (χ1) is 9.02. The van der Waals surface area contributed by atoms with Gasteiger partial charge in [0.05, 0.1) is 0 Å². The second kappa shape index (κ2) is 8.34. The van der Waals surface area contributed by atoms with Gasteiger partial charge < -0.3 is 10.4 Å². The van der Waals surface area contributed by atoms with Crippen LogP contribution in [0, 0.1) is 17.8 Å². The van der Waals surface area contributed by atoms with Crippen LogP contribution in [0.2, 0.25) is 0 Å². The van der Waals surface area contributed by atoms with Crippen LogP contribution in [0.1, 0.15) is 38.8 Å². The monoisotopic (exact) mass is 263 g/mol. The van der Waals surface area contributed by atoms with Crippen molar-refractivity contribution >= 4 is 0 Å². The van der Waals surface area contributed by atoms with Gasteiger partial charge in [-0.3, -0.25) is 0 Å². The van der Waals surface area contributed by atoms with Crippen LogP contribution in [-0.2, 0) is 13.0 Å². The van der Waals surface area contributed by atoms with Gasteiger partial charge in [0.15, 0.2) is 0 Å². The van der Waals surface area contributed by atoms with Crippen LogP contribution in [0.25, 0.3) is 0 Å². The molecule has 1 aromatic rings. The number of rotatable bonds is 8. The van der Waals surface area contributed by atoms with E-state index < -0.39 is 0 Å². The van der Waals surface area contributed by atoms with E-state index in [-0.39, 0.29) is 6.61 Å². The third-order valence-electron chi connectivity index (χ3n) is 3.58. The first kappa shape index (κ1) is 16.2. The van der Waals surface area contributed by atoms with E-state index in [1.54, 1.807) is 0 Å². The molecule has 0 aliphatic rings. The Labute approximate surface area is 118 Å². The number of hydrogen-bond donors (Lipinski definition) is 2. The van der Waals surface area contributed by atoms with Gasteiger partial charge in [0.2, 0.25) is 0 Å². The summed E-state index contributed by atoms with van der Waals surface area (Å²) in [7, 11) is 0. The normalized spacial score (nSPS) is 13.2. The fourth-order valence-electron chi connectivity index (χ4n) is 2.18. The molecule has 0 radical (unpaired) electrons. The second-order valence-corrected chi connectivity index (χ2v) is 6.23. The Morgan fingerprint density at radius 2 is 1.58 bits per heavy atom. The number of hydrogen-bond acceptors (Lipinski definition) is 2. The van der Waals surface area contributed by atoms with Crippen molar-refractivity contribution in [2.24, 2.45) is 17.8 Å². The minimum atomic E-state index is 0.262. The summed E-state index contributed by atoms with van der Waals surface area (Å²) >= 11 is 0. The Morgan fingerprint density at radius 3 is 2.05 bits per heavy atom. The molecule has 2 heteroatoms. The van der Waals surface area contributed by atoms with Crippen LogP contribution in [0.4, 0.5) is 0 Å². The molecule has 0 aromatic heterocycles. The summed E-state index contributed by atoms with van der Waals surface area (Å²) in [6.07, 6.45) is 1.15. The van der Waals surface area contributed by atoms with Crippen molar-refractivity contribution in [2.45, 2.75) is 40.7 Å². The standard InChI is InChI=1S/C17H29NO/c1-13(2)9-15-5-7-16(8-6-15)10-18-11-17(12-19)14(3)4/h5-8,13-14,17-19H,9-12H2,1-4H3. The molecule has 19 heavy (non-hydrogen) atoms. The number of benzene rings is 1. The van der Waals surface area contributed by atoms with Crippen LogP contribution in [0.15, 0.2) is 24.3 Å². The SMILES string of the molecule is CC(C)Cc1ccc(CNCC(CO)C(C)C)cc1. The molecule has 0 aliphatic carbocycles. The lowest BCUT2D eigenvalue weighted by Gasteiger charge is -2.18. The Kier molecular flexibility index (Phi) is 7.11. The average molecular weight is 263 g/mol. The van der Waals surface area contributed by atoms with E-state index in [1.165, 1.54) is 11.1 Å². The van der Waals surface area contributed by atoms with Gasteiger partial charge in [-0.15, -0.1) is 0 Å². The molecule has 0 saturated heterocycles. The van der Waals surface area contributed by atoms with E-state index in [2.05, 4.69) is 57.3 Å². The first-order valence-electron chi connectivity index (χ1n) is 7.42. The molecule has 0 amide bonds. The smallest absolute Gasteiger partial charge is 0.0473 e. The number of aliphatic hydroxyl groups excluding tert-OH is 1. The summed E-state index contributed by atoms with van der Waals surface area (Å²) in [5.41, 5.74) is 2.72. The van der Waals surface area contributed by atoms with Gasteiger partial charge in [-0.25, -0.2) is 0 Å². The van der Waals surface area contributed by atoms with Gasteiger partial charge in [-0.05, 0) is 35.3 Å². The zero-order valence-corrected chi connectivity index (χ0v) is 12.8. The zero-order valence-electron chi connectivity index (χ0n) is 12.8. The third-order valence-corrected chi connectivity index (χ3v) is 3.58. The van der Waals surface area contributed by atoms with Crippen molar-refractivity contribution < 1.29 is 5.11 Å². The van der Waals surface area contributed by atoms with Crippen LogP contribution in [0.5, 0.6) is 0 Å². The predicted molar refractivity (Wildman–Crippen MR) is 82.1 cm³/mol. The highest BCUT2D eigenvalue weighted by molar-refractivity contribution is 5.22. The molecule has 0 fully saturated rings. The topological polar surface area (TPSA) is 32.3 Å². The van der Waals surface area contributed by atoms with Crippen LogP contribution in [-0.4, -0.2) is 18.3 Å². The largest absolute Gasteiger partial charge is 0.396 e. The summed E-state index contributed by atoms with van der Waals surface area (Å²) in [4.78, 5) is 0. The molecule has 108 valence electrons.